The summed E-state index contributed by atoms with van der Waals surface area (Å²) in [6, 6.07) is 2.18. The van der Waals surface area contributed by atoms with Crippen molar-refractivity contribution >= 4 is 11.8 Å². The molecular formula is C10H20N2OS. The van der Waals surface area contributed by atoms with Crippen molar-refractivity contribution in [1.29, 1.82) is 5.26 Å². The van der Waals surface area contributed by atoms with Crippen molar-refractivity contribution in [3.63, 3.8) is 0 Å². The van der Waals surface area contributed by atoms with Crippen LogP contribution in [0.4, 0.5) is 0 Å². The number of nitrogens with zero attached hydrogens (tertiary/aromatic N) is 2. The van der Waals surface area contributed by atoms with Crippen LogP contribution < -0.4 is 0 Å². The Morgan fingerprint density at radius 3 is 2.71 bits per heavy atom. The Labute approximate surface area is 91.4 Å². The first-order chi connectivity index (χ1) is 6.85. The Hall–Kier alpha value is -0.240. The van der Waals surface area contributed by atoms with Crippen LogP contribution in [0.5, 0.6) is 0 Å². The highest BCUT2D eigenvalue weighted by Gasteiger charge is 2.03. The van der Waals surface area contributed by atoms with Crippen molar-refractivity contribution in [3.05, 3.63) is 0 Å². The minimum atomic E-state index is 0.614. The van der Waals surface area contributed by atoms with Gasteiger partial charge in [-0.1, -0.05) is 0 Å². The smallest absolute Gasteiger partial charge is 0.0635 e. The van der Waals surface area contributed by atoms with Crippen molar-refractivity contribution in [2.24, 2.45) is 0 Å². The Balaban J connectivity index is 3.56. The number of nitriles is 1. The van der Waals surface area contributed by atoms with Crippen LogP contribution >= 0.6 is 11.8 Å². The Morgan fingerprint density at radius 2 is 2.14 bits per heavy atom. The van der Waals surface area contributed by atoms with Crippen LogP contribution in [0, 0.1) is 11.3 Å². The predicted molar refractivity (Wildman–Crippen MR) is 61.5 cm³/mol. The van der Waals surface area contributed by atoms with Gasteiger partial charge in [-0.05, 0) is 25.0 Å². The molecule has 0 aromatic carbocycles. The van der Waals surface area contributed by atoms with E-state index in [9.17, 15) is 0 Å². The van der Waals surface area contributed by atoms with E-state index in [4.69, 9.17) is 10.00 Å². The lowest BCUT2D eigenvalue weighted by Crippen LogP contribution is -2.29. The monoisotopic (exact) mass is 216 g/mol. The number of methoxy groups -OCH3 is 1. The van der Waals surface area contributed by atoms with Gasteiger partial charge in [0, 0.05) is 26.6 Å². The van der Waals surface area contributed by atoms with Crippen molar-refractivity contribution in [1.82, 2.24) is 4.90 Å². The summed E-state index contributed by atoms with van der Waals surface area (Å²) in [5.41, 5.74) is 0. The summed E-state index contributed by atoms with van der Waals surface area (Å²) in [7, 11) is 1.71. The van der Waals surface area contributed by atoms with Gasteiger partial charge in [0.15, 0.2) is 0 Å². The molecule has 82 valence electrons. The standard InChI is InChI=1S/C10H20N2OS/c1-13-9-8-12(6-3-5-11)7-4-10-14-2/h3-4,6-10H2,1-2H3. The zero-order chi connectivity index (χ0) is 10.6. The first-order valence-corrected chi connectivity index (χ1v) is 6.31. The highest BCUT2D eigenvalue weighted by Crippen LogP contribution is 1.99. The van der Waals surface area contributed by atoms with E-state index in [0.717, 1.165) is 26.2 Å². The Morgan fingerprint density at radius 1 is 1.36 bits per heavy atom. The molecule has 0 aromatic heterocycles. The van der Waals surface area contributed by atoms with Crippen LogP contribution in [0.1, 0.15) is 12.8 Å². The molecule has 3 nitrogen and oxygen atoms in total. The average molecular weight is 216 g/mol. The van der Waals surface area contributed by atoms with Gasteiger partial charge in [-0.15, -0.1) is 0 Å². The second kappa shape index (κ2) is 10.8. The van der Waals surface area contributed by atoms with E-state index >= 15 is 0 Å². The van der Waals surface area contributed by atoms with Crippen LogP contribution in [-0.2, 0) is 4.74 Å². The summed E-state index contributed by atoms with van der Waals surface area (Å²) < 4.78 is 5.03. The van der Waals surface area contributed by atoms with Gasteiger partial charge in [-0.25, -0.2) is 0 Å². The van der Waals surface area contributed by atoms with E-state index in [-0.39, 0.29) is 0 Å². The summed E-state index contributed by atoms with van der Waals surface area (Å²) in [6.07, 6.45) is 3.92. The zero-order valence-corrected chi connectivity index (χ0v) is 9.98. The third-order valence-corrected chi connectivity index (χ3v) is 2.67. The minimum Gasteiger partial charge on any atom is -0.383 e. The first kappa shape index (κ1) is 13.8. The van der Waals surface area contributed by atoms with E-state index in [1.807, 2.05) is 11.8 Å². The quantitative estimate of drug-likeness (QED) is 0.549. The predicted octanol–water partition coefficient (Wildman–Crippen LogP) is 1.60. The molecule has 0 rings (SSSR count). The van der Waals surface area contributed by atoms with Crippen molar-refractivity contribution in [2.75, 3.05) is 45.4 Å². The molecule has 0 saturated heterocycles. The highest BCUT2D eigenvalue weighted by molar-refractivity contribution is 7.98. The van der Waals surface area contributed by atoms with Gasteiger partial charge in [0.25, 0.3) is 0 Å². The Bertz CT molecular complexity index is 159. The summed E-state index contributed by atoms with van der Waals surface area (Å²) in [6.45, 7) is 3.64. The van der Waals surface area contributed by atoms with Crippen LogP contribution in [-0.4, -0.2) is 50.3 Å². The summed E-state index contributed by atoms with van der Waals surface area (Å²) in [5.74, 6) is 1.19. The van der Waals surface area contributed by atoms with E-state index in [0.29, 0.717) is 6.42 Å². The molecule has 0 fully saturated rings. The van der Waals surface area contributed by atoms with Crippen LogP contribution in [0.15, 0.2) is 0 Å². The molecule has 0 amide bonds. The van der Waals surface area contributed by atoms with E-state index in [2.05, 4.69) is 17.2 Å². The van der Waals surface area contributed by atoms with E-state index < -0.39 is 0 Å². The normalized spacial score (nSPS) is 10.4. The topological polar surface area (TPSA) is 36.3 Å². The number of hydrogen-bond acceptors (Lipinski definition) is 4. The Kier molecular flexibility index (Phi) is 10.7. The fourth-order valence-electron chi connectivity index (χ4n) is 1.20. The summed E-state index contributed by atoms with van der Waals surface area (Å²) >= 11 is 1.87. The maximum Gasteiger partial charge on any atom is 0.0635 e. The van der Waals surface area contributed by atoms with Crippen LogP contribution in [0.2, 0.25) is 0 Å². The van der Waals surface area contributed by atoms with E-state index in [1.165, 1.54) is 12.2 Å². The van der Waals surface area contributed by atoms with Gasteiger partial charge in [-0.3, -0.25) is 4.90 Å². The van der Waals surface area contributed by atoms with Gasteiger partial charge in [0.1, 0.15) is 0 Å². The summed E-state index contributed by atoms with van der Waals surface area (Å²) in [4.78, 5) is 2.29. The lowest BCUT2D eigenvalue weighted by atomic mass is 10.3. The fourth-order valence-corrected chi connectivity index (χ4v) is 1.61. The molecule has 0 aliphatic heterocycles. The molecule has 0 heterocycles. The van der Waals surface area contributed by atoms with Gasteiger partial charge in [-0.2, -0.15) is 17.0 Å². The number of hydrogen-bond donors (Lipinski definition) is 0. The molecule has 4 heteroatoms. The highest BCUT2D eigenvalue weighted by atomic mass is 32.2. The van der Waals surface area contributed by atoms with Crippen molar-refractivity contribution < 1.29 is 4.74 Å². The van der Waals surface area contributed by atoms with Crippen LogP contribution in [0.3, 0.4) is 0 Å². The number of ether oxygens (including phenoxy) is 1. The SMILES string of the molecule is COCCN(CCC#N)CCCSC. The molecule has 0 saturated carbocycles. The molecular weight excluding hydrogens is 196 g/mol. The maximum atomic E-state index is 8.50. The van der Waals surface area contributed by atoms with Gasteiger partial charge in [0.2, 0.25) is 0 Å². The third kappa shape index (κ3) is 8.36. The lowest BCUT2D eigenvalue weighted by Gasteiger charge is -2.20. The van der Waals surface area contributed by atoms with E-state index in [1.54, 1.807) is 7.11 Å². The molecule has 0 aliphatic rings. The van der Waals surface area contributed by atoms with Crippen molar-refractivity contribution in [3.8, 4) is 6.07 Å². The number of thioether (sulfide) groups is 1. The summed E-state index contributed by atoms with van der Waals surface area (Å²) in [5, 5.41) is 8.50. The minimum absolute atomic E-state index is 0.614. The average Bonchev–Trinajstić information content (AvgIpc) is 2.21. The van der Waals surface area contributed by atoms with Gasteiger partial charge >= 0.3 is 0 Å². The zero-order valence-electron chi connectivity index (χ0n) is 9.16. The molecule has 0 atom stereocenters. The number of rotatable bonds is 9. The van der Waals surface area contributed by atoms with Crippen molar-refractivity contribution in [2.45, 2.75) is 12.8 Å². The largest absolute Gasteiger partial charge is 0.383 e. The lowest BCUT2D eigenvalue weighted by molar-refractivity contribution is 0.149. The third-order valence-electron chi connectivity index (χ3n) is 1.97. The molecule has 14 heavy (non-hydrogen) atoms. The maximum absolute atomic E-state index is 8.50. The molecule has 0 spiro atoms. The van der Waals surface area contributed by atoms with Crippen LogP contribution in [0.25, 0.3) is 0 Å². The molecule has 0 aliphatic carbocycles. The second-order valence-corrected chi connectivity index (χ2v) is 4.07. The molecule has 0 bridgehead atoms. The molecule has 0 aromatic rings. The molecule has 0 radical (unpaired) electrons. The molecule has 0 N–H and O–H groups in total. The van der Waals surface area contributed by atoms with Gasteiger partial charge in [0.05, 0.1) is 12.7 Å². The second-order valence-electron chi connectivity index (χ2n) is 3.09. The molecule has 0 unspecified atom stereocenters. The van der Waals surface area contributed by atoms with Gasteiger partial charge < -0.3 is 4.74 Å². The first-order valence-electron chi connectivity index (χ1n) is 4.92. The fraction of sp³-hybridized carbons (Fsp3) is 0.900.